The normalized spacial score (nSPS) is 18.4. The molecule has 2 saturated heterocycles. The van der Waals surface area contributed by atoms with Crippen molar-refractivity contribution >= 4 is 70.9 Å². The number of hydrogen-bond acceptors (Lipinski definition) is 13. The lowest BCUT2D eigenvalue weighted by molar-refractivity contribution is -0.146. The van der Waals surface area contributed by atoms with Crippen LogP contribution in [0.1, 0.15) is 169 Å². The highest BCUT2D eigenvalue weighted by molar-refractivity contribution is 6.01. The van der Waals surface area contributed by atoms with Gasteiger partial charge in [-0.15, -0.1) is 0 Å². The maximum atomic E-state index is 14.4. The highest BCUT2D eigenvalue weighted by Crippen LogP contribution is 2.25. The van der Waals surface area contributed by atoms with E-state index in [2.05, 4.69) is 47.9 Å². The van der Waals surface area contributed by atoms with Crippen molar-refractivity contribution in [2.24, 2.45) is 35.3 Å². The van der Waals surface area contributed by atoms with Gasteiger partial charge in [0.25, 0.3) is 0 Å². The van der Waals surface area contributed by atoms with Crippen LogP contribution in [0.2, 0.25) is 0 Å². The monoisotopic (exact) mass is 1150 g/mol. The smallest absolute Gasteiger partial charge is 0.248 e. The van der Waals surface area contributed by atoms with Crippen molar-refractivity contribution in [2.45, 2.75) is 234 Å². The Morgan fingerprint density at radius 1 is 0.531 bits per heavy atom. The van der Waals surface area contributed by atoms with Crippen LogP contribution in [-0.2, 0) is 57.5 Å². The molecule has 0 aromatic rings. The van der Waals surface area contributed by atoms with Crippen LogP contribution < -0.4 is 53.6 Å². The van der Waals surface area contributed by atoms with Gasteiger partial charge >= 0.3 is 0 Å². The first kappa shape index (κ1) is 70.7. The molecule has 25 heteroatoms. The zero-order chi connectivity index (χ0) is 62.2. The molecule has 0 aromatic carbocycles. The van der Waals surface area contributed by atoms with Crippen molar-refractivity contribution in [3.8, 4) is 0 Å². The molecule has 0 unspecified atom stereocenters. The van der Waals surface area contributed by atoms with Crippen molar-refractivity contribution in [3.05, 3.63) is 0 Å². The molecule has 0 spiro atoms. The summed E-state index contributed by atoms with van der Waals surface area (Å²) in [6, 6.07) is -8.77. The number of nitrogens with zero attached hydrogens (tertiary/aromatic N) is 2. The molecule has 0 saturated carbocycles. The van der Waals surface area contributed by atoms with Gasteiger partial charge in [0.1, 0.15) is 58.9 Å². The maximum absolute atomic E-state index is 14.4. The van der Waals surface area contributed by atoms with E-state index in [1.165, 1.54) is 58.3 Å². The minimum absolute atomic E-state index is 0.00231. The summed E-state index contributed by atoms with van der Waals surface area (Å²) in [5.74, 6) is -9.64. The third kappa shape index (κ3) is 20.8. The molecule has 12 N–H and O–H groups in total. The second-order valence-corrected chi connectivity index (χ2v) is 25.1. The van der Waals surface area contributed by atoms with Gasteiger partial charge in [-0.2, -0.15) is 0 Å². The molecule has 0 radical (unpaired) electrons. The topological polar surface area (TPSA) is 366 Å². The number of nitrogens with two attached hydrogens (primary N) is 1. The lowest BCUT2D eigenvalue weighted by Crippen LogP contribution is -2.64. The Labute approximate surface area is 478 Å². The zero-order valence-corrected chi connectivity index (χ0v) is 51.1. The summed E-state index contributed by atoms with van der Waals surface area (Å²) >= 11 is 0. The van der Waals surface area contributed by atoms with Gasteiger partial charge in [0, 0.05) is 20.0 Å². The van der Waals surface area contributed by atoms with Crippen molar-refractivity contribution in [1.29, 1.82) is 0 Å². The number of amides is 12. The first-order valence-electron chi connectivity index (χ1n) is 28.6. The Bertz CT molecular complexity index is 2280. The van der Waals surface area contributed by atoms with Crippen LogP contribution in [0.15, 0.2) is 0 Å². The van der Waals surface area contributed by atoms with Gasteiger partial charge in [-0.3, -0.25) is 57.5 Å². The van der Waals surface area contributed by atoms with E-state index in [0.29, 0.717) is 19.3 Å². The highest BCUT2D eigenvalue weighted by Gasteiger charge is 2.46. The number of likely N-dealkylation sites (tertiary alicyclic amines) is 2. The van der Waals surface area contributed by atoms with Crippen molar-refractivity contribution in [3.63, 3.8) is 0 Å². The second-order valence-electron chi connectivity index (χ2n) is 25.1. The van der Waals surface area contributed by atoms with E-state index in [-0.39, 0.29) is 62.6 Å². The summed E-state index contributed by atoms with van der Waals surface area (Å²) in [5.41, 5.74) is 0.734. The molecule has 2 rings (SSSR count). The van der Waals surface area contributed by atoms with Gasteiger partial charge in [0.2, 0.25) is 70.9 Å². The maximum Gasteiger partial charge on any atom is 0.248 e. The van der Waals surface area contributed by atoms with Crippen LogP contribution in [0.25, 0.3) is 0 Å². The molecule has 460 valence electrons. The van der Waals surface area contributed by atoms with Gasteiger partial charge in [-0.1, -0.05) is 75.7 Å². The fourth-order valence-electron chi connectivity index (χ4n) is 9.86. The quantitative estimate of drug-likeness (QED) is 0.0448. The molecule has 2 fully saturated rings. The standard InChI is InChI=1S/C56H98N12O13/c1-18-33(10)38(28-69)60-48(76)40-22-20-24-68(40)52(80)55(14,15)65-46(74)36(26-30(4)5)58-44(72)35(25-29(2)3)59-47(75)39-21-19-23-67(39)53(81)56(16,17)66-50(78)43(32(8)9)63-49(77)42(31(6)7)62-45(73)37(27-41(57)71)61-51(79)54(12,13)64-34(11)70/h29-33,35-40,42-43,69H,18-28H2,1-17H3,(H2,57,71)(H,58,72)(H,59,75)(H,60,76)(H,61,79)(H,62,73)(H,63,77)(H,64,70)(H,65,74)(H,66,78)/t33-,35+,36+,37+,38-,39+,40+,42+,43+/m1/s1. The third-order valence-corrected chi connectivity index (χ3v) is 14.7. The number of carbonyl (C=O) groups excluding carboxylic acids is 12. The summed E-state index contributed by atoms with van der Waals surface area (Å²) in [4.78, 5) is 166. The Morgan fingerprint density at radius 3 is 1.37 bits per heavy atom. The number of nitrogens with one attached hydrogen (secondary N) is 9. The summed E-state index contributed by atoms with van der Waals surface area (Å²) < 4.78 is 0. The van der Waals surface area contributed by atoms with Gasteiger partial charge in [0.05, 0.1) is 19.1 Å². The summed E-state index contributed by atoms with van der Waals surface area (Å²) in [6.07, 6.45) is 1.99. The van der Waals surface area contributed by atoms with Gasteiger partial charge in [0.15, 0.2) is 0 Å². The van der Waals surface area contributed by atoms with E-state index in [4.69, 9.17) is 5.73 Å². The molecule has 2 heterocycles. The van der Waals surface area contributed by atoms with Crippen LogP contribution in [0.3, 0.4) is 0 Å². The van der Waals surface area contributed by atoms with Crippen molar-refractivity contribution in [2.75, 3.05) is 19.7 Å². The van der Waals surface area contributed by atoms with Crippen LogP contribution in [0, 0.1) is 29.6 Å². The fraction of sp³-hybridized carbons (Fsp3) is 0.786. The largest absolute Gasteiger partial charge is 0.394 e. The molecular weight excluding hydrogens is 1050 g/mol. The molecule has 25 nitrogen and oxygen atoms in total. The van der Waals surface area contributed by atoms with Crippen LogP contribution in [-0.4, -0.2) is 170 Å². The minimum atomic E-state index is -1.66. The first-order chi connectivity index (χ1) is 37.3. The number of aliphatic hydroxyl groups is 1. The Hall–Kier alpha value is -6.40. The van der Waals surface area contributed by atoms with Gasteiger partial charge < -0.3 is 68.5 Å². The molecule has 9 atom stereocenters. The lowest BCUT2D eigenvalue weighted by atomic mass is 9.96. The second kappa shape index (κ2) is 30.6. The summed E-state index contributed by atoms with van der Waals surface area (Å²) in [7, 11) is 0. The number of carbonyl (C=O) groups is 12. The average molecular weight is 1150 g/mol. The van der Waals surface area contributed by atoms with Crippen LogP contribution >= 0.6 is 0 Å². The SMILES string of the molecule is CC[C@@H](C)[C@@H](CO)NC(=O)[C@@H]1CCCN1C(=O)C(C)(C)NC(=O)[C@H](CC(C)C)NC(=O)[C@H](CC(C)C)NC(=O)[C@@H]1CCCN1C(=O)C(C)(C)NC(=O)[C@@H](NC(=O)[C@@H](NC(=O)[C@H](CC(N)=O)NC(=O)C(C)(C)NC(C)=O)C(C)C)C(C)C. The van der Waals surface area contributed by atoms with Gasteiger partial charge in [-0.05, 0) is 110 Å². The lowest BCUT2D eigenvalue weighted by Gasteiger charge is -2.36. The van der Waals surface area contributed by atoms with E-state index in [1.54, 1.807) is 27.7 Å². The molecule has 2 aliphatic heterocycles. The highest BCUT2D eigenvalue weighted by atomic mass is 16.3. The zero-order valence-electron chi connectivity index (χ0n) is 51.1. The third-order valence-electron chi connectivity index (χ3n) is 14.7. The Balaban J connectivity index is 2.27. The van der Waals surface area contributed by atoms with Crippen molar-refractivity contribution in [1.82, 2.24) is 57.7 Å². The van der Waals surface area contributed by atoms with Crippen LogP contribution in [0.4, 0.5) is 0 Å². The number of primary amides is 1. The molecule has 2 aliphatic rings. The average Bonchev–Trinajstić information content (AvgIpc) is 4.23. The molecule has 81 heavy (non-hydrogen) atoms. The molecule has 0 aliphatic carbocycles. The Kier molecular flexibility index (Phi) is 26.7. The summed E-state index contributed by atoms with van der Waals surface area (Å²) in [6.45, 7) is 27.9. The van der Waals surface area contributed by atoms with Crippen LogP contribution in [0.5, 0.6) is 0 Å². The Morgan fingerprint density at radius 2 is 0.951 bits per heavy atom. The molecular formula is C56H98N12O13. The molecule has 0 bridgehead atoms. The molecule has 0 aromatic heterocycles. The van der Waals surface area contributed by atoms with E-state index in [1.807, 2.05) is 41.5 Å². The fourth-order valence-corrected chi connectivity index (χ4v) is 9.86. The minimum Gasteiger partial charge on any atom is -0.394 e. The van der Waals surface area contributed by atoms with E-state index in [9.17, 15) is 62.6 Å². The predicted molar refractivity (Wildman–Crippen MR) is 302 cm³/mol. The van der Waals surface area contributed by atoms with E-state index < -0.39 is 148 Å². The number of hydrogen-bond donors (Lipinski definition) is 11. The van der Waals surface area contributed by atoms with E-state index in [0.717, 1.165) is 6.42 Å². The molecule has 12 amide bonds. The van der Waals surface area contributed by atoms with E-state index >= 15 is 0 Å². The summed E-state index contributed by atoms with van der Waals surface area (Å²) in [5, 5.41) is 34.1. The predicted octanol–water partition coefficient (Wildman–Crippen LogP) is -0.101. The van der Waals surface area contributed by atoms with Crippen molar-refractivity contribution < 1.29 is 62.6 Å². The number of aliphatic hydroxyl groups excluding tert-OH is 1. The first-order valence-corrected chi connectivity index (χ1v) is 28.6. The van der Waals surface area contributed by atoms with Gasteiger partial charge in [-0.25, -0.2) is 0 Å². The number of rotatable bonds is 30.